The smallest absolute Gasteiger partial charge is 0.433 e. The maximum atomic E-state index is 11.7. The number of benzene rings is 1. The Labute approximate surface area is 145 Å². The van der Waals surface area contributed by atoms with Crippen LogP contribution >= 0.6 is 15.9 Å². The quantitative estimate of drug-likeness (QED) is 0.459. The van der Waals surface area contributed by atoms with Gasteiger partial charge in [0.2, 0.25) is 0 Å². The van der Waals surface area contributed by atoms with Gasteiger partial charge in [-0.1, -0.05) is 6.07 Å². The number of carbonyl (C=O) groups excluding carboxylic acids is 1. The van der Waals surface area contributed by atoms with Gasteiger partial charge in [-0.25, -0.2) is 5.43 Å². The normalized spacial score (nSPS) is 10.8. The van der Waals surface area contributed by atoms with E-state index >= 15 is 0 Å². The largest absolute Gasteiger partial charge is 0.482 e. The van der Waals surface area contributed by atoms with Gasteiger partial charge in [0.15, 0.2) is 12.4 Å². The fourth-order valence-electron chi connectivity index (χ4n) is 1.93. The molecule has 0 saturated heterocycles. The zero-order valence-electron chi connectivity index (χ0n) is 12.9. The molecule has 0 aliphatic rings. The van der Waals surface area contributed by atoms with Crippen molar-refractivity contribution in [3.8, 4) is 5.75 Å². The van der Waals surface area contributed by atoms with Crippen molar-refractivity contribution in [1.29, 1.82) is 0 Å². The Morgan fingerprint density at radius 3 is 2.83 bits per heavy atom. The molecule has 9 heteroatoms. The van der Waals surface area contributed by atoms with Gasteiger partial charge in [-0.2, -0.15) is 5.10 Å². The third kappa shape index (κ3) is 4.66. The summed E-state index contributed by atoms with van der Waals surface area (Å²) in [5.41, 5.74) is 4.23. The predicted molar refractivity (Wildman–Crippen MR) is 90.2 cm³/mol. The van der Waals surface area contributed by atoms with Crippen LogP contribution in [0.5, 0.6) is 5.75 Å². The Morgan fingerprint density at radius 1 is 1.46 bits per heavy atom. The molecule has 0 spiro atoms. The van der Waals surface area contributed by atoms with Gasteiger partial charge < -0.3 is 9.15 Å². The molecule has 1 heterocycles. The van der Waals surface area contributed by atoms with E-state index in [9.17, 15) is 14.9 Å². The summed E-state index contributed by atoms with van der Waals surface area (Å²) in [6.07, 6.45) is 1.16. The number of amides is 1. The highest BCUT2D eigenvalue weighted by molar-refractivity contribution is 9.10. The van der Waals surface area contributed by atoms with Crippen LogP contribution in [0.4, 0.5) is 5.88 Å². The molecular weight excluding hydrogens is 382 g/mol. The van der Waals surface area contributed by atoms with E-state index in [-0.39, 0.29) is 12.4 Å². The second-order valence-electron chi connectivity index (χ2n) is 4.91. The number of nitrogens with zero attached hydrogens (tertiary/aromatic N) is 2. The molecule has 0 aliphatic carbocycles. The van der Waals surface area contributed by atoms with Gasteiger partial charge >= 0.3 is 5.88 Å². The molecule has 0 atom stereocenters. The average Bonchev–Trinajstić information content (AvgIpc) is 2.95. The second-order valence-corrected chi connectivity index (χ2v) is 5.76. The number of rotatable bonds is 6. The third-order valence-corrected chi connectivity index (χ3v) is 3.48. The molecule has 1 aromatic heterocycles. The number of nitrogens with one attached hydrogen (secondary N) is 1. The van der Waals surface area contributed by atoms with E-state index < -0.39 is 16.7 Å². The maximum Gasteiger partial charge on any atom is 0.433 e. The summed E-state index contributed by atoms with van der Waals surface area (Å²) in [5, 5.41) is 14.1. The number of furan rings is 1. The summed E-state index contributed by atoms with van der Waals surface area (Å²) in [6.45, 7) is 3.62. The molecule has 126 valence electrons. The number of hydrogen-bond acceptors (Lipinski definition) is 6. The lowest BCUT2D eigenvalue weighted by molar-refractivity contribution is -0.402. The van der Waals surface area contributed by atoms with Crippen molar-refractivity contribution in [2.24, 2.45) is 5.10 Å². The van der Waals surface area contributed by atoms with E-state index in [1.165, 1.54) is 12.1 Å². The third-order valence-electron chi connectivity index (χ3n) is 2.89. The standard InChI is InChI=1S/C15H14BrN3O5/c1-9-5-10(2)15(12(16)6-9)23-8-13(20)18-17-7-11-3-4-14(24-11)19(21)22/h3-7H,8H2,1-2H3,(H,18,20)/b17-7-. The lowest BCUT2D eigenvalue weighted by Crippen LogP contribution is -2.24. The van der Waals surface area contributed by atoms with E-state index in [0.717, 1.165) is 21.8 Å². The van der Waals surface area contributed by atoms with Crippen molar-refractivity contribution in [1.82, 2.24) is 5.43 Å². The molecule has 0 unspecified atom stereocenters. The minimum atomic E-state index is -0.661. The first-order chi connectivity index (χ1) is 11.4. The Kier molecular flexibility index (Phi) is 5.69. The van der Waals surface area contributed by atoms with Gasteiger partial charge in [0, 0.05) is 0 Å². The molecule has 0 bridgehead atoms. The highest BCUT2D eigenvalue weighted by atomic mass is 79.9. The molecule has 1 amide bonds. The minimum Gasteiger partial charge on any atom is -0.482 e. The number of aryl methyl sites for hydroxylation is 2. The van der Waals surface area contributed by atoms with E-state index in [4.69, 9.17) is 9.15 Å². The van der Waals surface area contributed by atoms with E-state index in [1.54, 1.807) is 0 Å². The summed E-state index contributed by atoms with van der Waals surface area (Å²) < 4.78 is 11.1. The van der Waals surface area contributed by atoms with Crippen LogP contribution in [0.1, 0.15) is 16.9 Å². The first-order valence-corrected chi connectivity index (χ1v) is 7.62. The monoisotopic (exact) mass is 395 g/mol. The van der Waals surface area contributed by atoms with Crippen molar-refractivity contribution >= 4 is 33.9 Å². The lowest BCUT2D eigenvalue weighted by atomic mass is 10.1. The number of nitro groups is 1. The van der Waals surface area contributed by atoms with Crippen LogP contribution in [0.15, 0.2) is 38.3 Å². The van der Waals surface area contributed by atoms with Crippen LogP contribution in [0.25, 0.3) is 0 Å². The summed E-state index contributed by atoms with van der Waals surface area (Å²) >= 11 is 3.39. The Balaban J connectivity index is 1.87. The SMILES string of the molecule is Cc1cc(C)c(OCC(=O)N/N=C\c2ccc([N+](=O)[O-])o2)c(Br)c1. The van der Waals surface area contributed by atoms with Crippen molar-refractivity contribution in [3.05, 3.63) is 55.7 Å². The van der Waals surface area contributed by atoms with Crippen molar-refractivity contribution in [3.63, 3.8) is 0 Å². The molecule has 1 aromatic carbocycles. The molecular formula is C15H14BrN3O5. The number of carbonyl (C=O) groups is 1. The predicted octanol–water partition coefficient (Wildman–Crippen LogP) is 3.10. The highest BCUT2D eigenvalue weighted by Crippen LogP contribution is 2.30. The van der Waals surface area contributed by atoms with E-state index in [1.807, 2.05) is 26.0 Å². The van der Waals surface area contributed by atoms with Gasteiger partial charge in [0.05, 0.1) is 16.8 Å². The maximum absolute atomic E-state index is 11.7. The molecule has 2 aromatic rings. The fraction of sp³-hybridized carbons (Fsp3) is 0.200. The van der Waals surface area contributed by atoms with Crippen LogP contribution in [-0.4, -0.2) is 23.7 Å². The number of halogens is 1. The van der Waals surface area contributed by atoms with Crippen molar-refractivity contribution < 1.29 is 18.9 Å². The topological polar surface area (TPSA) is 107 Å². The van der Waals surface area contributed by atoms with Crippen LogP contribution in [0.2, 0.25) is 0 Å². The van der Waals surface area contributed by atoms with E-state index in [2.05, 4.69) is 26.5 Å². The lowest BCUT2D eigenvalue weighted by Gasteiger charge is -2.11. The van der Waals surface area contributed by atoms with Crippen molar-refractivity contribution in [2.75, 3.05) is 6.61 Å². The van der Waals surface area contributed by atoms with Gasteiger partial charge in [-0.05, 0) is 53.0 Å². The fourth-order valence-corrected chi connectivity index (χ4v) is 2.72. The second kappa shape index (κ2) is 7.73. The Hall–Kier alpha value is -2.68. The van der Waals surface area contributed by atoms with Gasteiger partial charge in [0.1, 0.15) is 10.7 Å². The zero-order chi connectivity index (χ0) is 17.7. The molecule has 0 fully saturated rings. The number of hydrogen-bond donors (Lipinski definition) is 1. The van der Waals surface area contributed by atoms with Crippen molar-refractivity contribution in [2.45, 2.75) is 13.8 Å². The molecule has 8 nitrogen and oxygen atoms in total. The highest BCUT2D eigenvalue weighted by Gasteiger charge is 2.11. The molecule has 0 radical (unpaired) electrons. The molecule has 0 aliphatic heterocycles. The first-order valence-electron chi connectivity index (χ1n) is 6.82. The van der Waals surface area contributed by atoms with Gasteiger partial charge in [-0.3, -0.25) is 14.9 Å². The molecule has 2 rings (SSSR count). The first kappa shape index (κ1) is 17.7. The van der Waals surface area contributed by atoms with Crippen LogP contribution < -0.4 is 10.2 Å². The minimum absolute atomic E-state index is 0.153. The summed E-state index contributed by atoms with van der Waals surface area (Å²) in [6, 6.07) is 6.41. The molecule has 24 heavy (non-hydrogen) atoms. The Bertz CT molecular complexity index is 777. The van der Waals surface area contributed by atoms with Crippen LogP contribution in [0, 0.1) is 24.0 Å². The zero-order valence-corrected chi connectivity index (χ0v) is 14.5. The van der Waals surface area contributed by atoms with E-state index in [0.29, 0.717) is 5.75 Å². The summed E-state index contributed by atoms with van der Waals surface area (Å²) in [7, 11) is 0. The average molecular weight is 396 g/mol. The summed E-state index contributed by atoms with van der Waals surface area (Å²) in [5.74, 6) is -0.133. The van der Waals surface area contributed by atoms with Crippen LogP contribution in [0.3, 0.4) is 0 Å². The molecule has 1 N–H and O–H groups in total. The Morgan fingerprint density at radius 2 is 2.21 bits per heavy atom. The van der Waals surface area contributed by atoms with Crippen LogP contribution in [-0.2, 0) is 4.79 Å². The van der Waals surface area contributed by atoms with Gasteiger partial charge in [0.25, 0.3) is 5.91 Å². The molecule has 0 saturated carbocycles. The summed E-state index contributed by atoms with van der Waals surface area (Å²) in [4.78, 5) is 21.5. The number of ether oxygens (including phenoxy) is 1. The number of hydrazone groups is 1. The van der Waals surface area contributed by atoms with Gasteiger partial charge in [-0.15, -0.1) is 0 Å².